The second kappa shape index (κ2) is 18.9. The third kappa shape index (κ3) is 10.3. The third-order valence-corrected chi connectivity index (χ3v) is 14.6. The summed E-state index contributed by atoms with van der Waals surface area (Å²) in [5.74, 6) is -0.610. The lowest BCUT2D eigenvalue weighted by atomic mass is 9.73. The van der Waals surface area contributed by atoms with E-state index in [1.54, 1.807) is 24.4 Å². The molecular weight excluding hydrogens is 886 g/mol. The number of nitro groups is 1. The van der Waals surface area contributed by atoms with E-state index in [1.807, 2.05) is 18.2 Å². The van der Waals surface area contributed by atoms with Crippen LogP contribution in [0.25, 0.3) is 16.6 Å². The fourth-order valence-corrected chi connectivity index (χ4v) is 10.6. The van der Waals surface area contributed by atoms with E-state index in [2.05, 4.69) is 55.8 Å². The van der Waals surface area contributed by atoms with E-state index in [0.717, 1.165) is 67.1 Å². The summed E-state index contributed by atoms with van der Waals surface area (Å²) >= 11 is 6.24. The minimum absolute atomic E-state index is 0.0158. The van der Waals surface area contributed by atoms with Crippen molar-refractivity contribution in [3.8, 4) is 17.2 Å². The van der Waals surface area contributed by atoms with Gasteiger partial charge in [0.1, 0.15) is 23.8 Å². The Morgan fingerprint density at radius 1 is 1.05 bits per heavy atom. The second-order valence-electron chi connectivity index (χ2n) is 18.5. The van der Waals surface area contributed by atoms with Gasteiger partial charge in [-0.25, -0.2) is 18.1 Å². The number of nitro benzene ring substituents is 1. The van der Waals surface area contributed by atoms with Crippen LogP contribution in [0.1, 0.15) is 74.7 Å². The zero-order chi connectivity index (χ0) is 46.2. The Morgan fingerprint density at radius 3 is 2.58 bits per heavy atom. The highest BCUT2D eigenvalue weighted by molar-refractivity contribution is 7.90. The number of H-pyrrole nitrogens is 1. The van der Waals surface area contributed by atoms with E-state index in [0.29, 0.717) is 50.2 Å². The van der Waals surface area contributed by atoms with Crippen LogP contribution in [0.2, 0.25) is 5.02 Å². The molecular formula is C48H54ClN7O9S. The van der Waals surface area contributed by atoms with Gasteiger partial charge in [-0.3, -0.25) is 19.8 Å². The molecule has 348 valence electrons. The van der Waals surface area contributed by atoms with Crippen LogP contribution in [0.3, 0.4) is 0 Å². The van der Waals surface area contributed by atoms with Gasteiger partial charge in [-0.05, 0) is 97.9 Å². The number of rotatable bonds is 13. The summed E-state index contributed by atoms with van der Waals surface area (Å²) in [5.41, 5.74) is 5.14. The van der Waals surface area contributed by atoms with Gasteiger partial charge < -0.3 is 34.5 Å². The van der Waals surface area contributed by atoms with Gasteiger partial charge in [-0.1, -0.05) is 43.2 Å². The molecule has 5 aromatic rings. The minimum atomic E-state index is -4.69. The van der Waals surface area contributed by atoms with Crippen LogP contribution in [0, 0.1) is 15.5 Å². The first kappa shape index (κ1) is 45.4. The SMILES string of the molecule is CC1(C)CCC(c2ccc(Cl)cc2)=C(CN2CCN(c3ccc(C(=O)NS(=O)(=O)c4cc5c(c([N+](=O)[O-])c4)NC(COC4CCC(O)CC4)CO5)c(Oc4cnc5[nH]ccc5c4)c3)CC2)C1. The molecule has 0 radical (unpaired) electrons. The second-order valence-corrected chi connectivity index (χ2v) is 20.6. The molecule has 2 aliphatic heterocycles. The van der Waals surface area contributed by atoms with E-state index in [4.69, 9.17) is 25.8 Å². The van der Waals surface area contributed by atoms with Crippen molar-refractivity contribution in [1.82, 2.24) is 19.6 Å². The number of aromatic amines is 1. The Balaban J connectivity index is 0.924. The monoisotopic (exact) mass is 939 g/mol. The first-order chi connectivity index (χ1) is 31.7. The molecule has 1 saturated heterocycles. The van der Waals surface area contributed by atoms with Crippen LogP contribution in [-0.2, 0) is 14.8 Å². The Bertz CT molecular complexity index is 2760. The normalized spacial score (nSPS) is 21.2. The maximum absolute atomic E-state index is 14.1. The summed E-state index contributed by atoms with van der Waals surface area (Å²) in [5, 5.41) is 26.7. The van der Waals surface area contributed by atoms with Crippen LogP contribution in [-0.4, -0.2) is 103 Å². The fourth-order valence-electron chi connectivity index (χ4n) is 9.44. The van der Waals surface area contributed by atoms with Crippen LogP contribution >= 0.6 is 11.6 Å². The zero-order valence-electron chi connectivity index (χ0n) is 36.9. The van der Waals surface area contributed by atoms with E-state index in [9.17, 15) is 28.4 Å². The Kier molecular flexibility index (Phi) is 13.0. The third-order valence-electron chi connectivity index (χ3n) is 13.1. The Morgan fingerprint density at radius 2 is 1.82 bits per heavy atom. The predicted octanol–water partition coefficient (Wildman–Crippen LogP) is 8.31. The van der Waals surface area contributed by atoms with E-state index < -0.39 is 37.5 Å². The number of amides is 1. The number of sulfonamides is 1. The van der Waals surface area contributed by atoms with Gasteiger partial charge in [0.25, 0.3) is 21.6 Å². The summed E-state index contributed by atoms with van der Waals surface area (Å²) in [6.45, 7) is 8.80. The van der Waals surface area contributed by atoms with Gasteiger partial charge >= 0.3 is 0 Å². The van der Waals surface area contributed by atoms with Crippen LogP contribution in [0.15, 0.2) is 89.6 Å². The number of aromatic nitrogens is 2. The predicted molar refractivity (Wildman–Crippen MR) is 252 cm³/mol. The van der Waals surface area contributed by atoms with Crippen molar-refractivity contribution in [3.63, 3.8) is 0 Å². The number of benzene rings is 3. The van der Waals surface area contributed by atoms with Gasteiger partial charge in [0, 0.05) is 73.2 Å². The average molecular weight is 941 g/mol. The lowest BCUT2D eigenvalue weighted by molar-refractivity contribution is -0.384. The van der Waals surface area contributed by atoms with Crippen molar-refractivity contribution in [2.45, 2.75) is 81.9 Å². The quantitative estimate of drug-likeness (QED) is 0.0649. The van der Waals surface area contributed by atoms with Crippen molar-refractivity contribution in [2.75, 3.05) is 56.2 Å². The Hall–Kier alpha value is -5.72. The topological polar surface area (TPSA) is 201 Å². The van der Waals surface area contributed by atoms with Crippen molar-refractivity contribution in [2.24, 2.45) is 5.41 Å². The largest absolute Gasteiger partial charge is 0.489 e. The van der Waals surface area contributed by atoms with Gasteiger partial charge in [0.05, 0.1) is 46.4 Å². The van der Waals surface area contributed by atoms with E-state index in [-0.39, 0.29) is 53.6 Å². The van der Waals surface area contributed by atoms with E-state index in [1.165, 1.54) is 29.0 Å². The molecule has 1 saturated carbocycles. The smallest absolute Gasteiger partial charge is 0.297 e. The molecule has 4 heterocycles. The highest BCUT2D eigenvalue weighted by atomic mass is 35.5. The number of nitrogens with one attached hydrogen (secondary N) is 3. The Labute approximate surface area is 388 Å². The summed E-state index contributed by atoms with van der Waals surface area (Å²) in [4.78, 5) is 37.3. The van der Waals surface area contributed by atoms with Crippen LogP contribution in [0.4, 0.5) is 17.1 Å². The lowest BCUT2D eigenvalue weighted by Crippen LogP contribution is -2.47. The van der Waals surface area contributed by atoms with Crippen molar-refractivity contribution in [3.05, 3.63) is 111 Å². The number of aliphatic hydroxyl groups excluding tert-OH is 1. The number of aliphatic hydroxyl groups is 1. The van der Waals surface area contributed by atoms with Crippen molar-refractivity contribution < 1.29 is 37.5 Å². The van der Waals surface area contributed by atoms with Crippen LogP contribution < -0.4 is 24.4 Å². The molecule has 9 rings (SSSR count). The number of hydrogen-bond acceptors (Lipinski definition) is 13. The number of hydrogen-bond donors (Lipinski definition) is 4. The maximum atomic E-state index is 14.1. The summed E-state index contributed by atoms with van der Waals surface area (Å²) < 4.78 is 48.2. The molecule has 2 aliphatic carbocycles. The van der Waals surface area contributed by atoms with E-state index >= 15 is 0 Å². The molecule has 18 heteroatoms. The molecule has 1 unspecified atom stereocenters. The number of fused-ring (bicyclic) bond motifs is 2. The molecule has 4 N–H and O–H groups in total. The number of halogens is 1. The average Bonchev–Trinajstić information content (AvgIpc) is 3.77. The molecule has 1 amide bonds. The molecule has 1 atom stereocenters. The molecule has 2 fully saturated rings. The number of carbonyl (C=O) groups is 1. The molecule has 0 spiro atoms. The van der Waals surface area contributed by atoms with Gasteiger partial charge in [0.2, 0.25) is 0 Å². The van der Waals surface area contributed by atoms with Crippen molar-refractivity contribution >= 4 is 61.2 Å². The summed E-state index contributed by atoms with van der Waals surface area (Å²) in [6, 6.07) is 18.4. The molecule has 66 heavy (non-hydrogen) atoms. The van der Waals surface area contributed by atoms with Gasteiger partial charge in [-0.15, -0.1) is 0 Å². The molecule has 4 aliphatic rings. The first-order valence-electron chi connectivity index (χ1n) is 22.4. The number of piperazine rings is 1. The standard InChI is InChI=1S/C48H54ClN7O9S/c1-48(2)15-13-40(30-3-5-33(49)6-4-30)32(25-48)27-54-17-19-55(20-18-54)35-7-12-41(43(22-35)65-38-21-31-14-16-50-46(31)51-26-38)47(58)53-66(61,62)39-23-42(56(59)60)45-44(24-39)64-29-34(52-45)28-63-37-10-8-36(57)9-11-37/h3-7,12,14,16,21-24,26,34,36-37,52,57H,8-11,13,15,17-20,25,27-29H2,1-2H3,(H,50,51)(H,53,58). The molecule has 0 bridgehead atoms. The number of pyridine rings is 1. The number of nitrogens with zero attached hydrogens (tertiary/aromatic N) is 4. The lowest BCUT2D eigenvalue weighted by Gasteiger charge is -2.39. The highest BCUT2D eigenvalue weighted by Crippen LogP contribution is 2.44. The van der Waals surface area contributed by atoms with Gasteiger partial charge in [-0.2, -0.15) is 0 Å². The molecule has 3 aromatic carbocycles. The summed E-state index contributed by atoms with van der Waals surface area (Å²) in [7, 11) is -4.69. The number of anilines is 2. The fraction of sp³-hybridized carbons (Fsp3) is 0.417. The van der Waals surface area contributed by atoms with Crippen molar-refractivity contribution in [1.29, 1.82) is 0 Å². The zero-order valence-corrected chi connectivity index (χ0v) is 38.5. The molecule has 16 nitrogen and oxygen atoms in total. The maximum Gasteiger partial charge on any atom is 0.297 e. The minimum Gasteiger partial charge on any atom is -0.489 e. The number of allylic oxidation sites excluding steroid dienone is 1. The first-order valence-corrected chi connectivity index (χ1v) is 24.3. The highest BCUT2D eigenvalue weighted by Gasteiger charge is 2.34. The number of carbonyl (C=O) groups excluding carboxylic acids is 1. The van der Waals surface area contributed by atoms with Crippen LogP contribution in [0.5, 0.6) is 17.2 Å². The molecule has 2 aromatic heterocycles. The number of ether oxygens (including phenoxy) is 3. The van der Waals surface area contributed by atoms with Gasteiger partial charge in [0.15, 0.2) is 11.4 Å². The summed E-state index contributed by atoms with van der Waals surface area (Å²) in [6.07, 6.45) is 8.76.